The third-order valence-electron chi connectivity index (χ3n) is 4.59. The highest BCUT2D eigenvalue weighted by atomic mass is 16.1. The van der Waals surface area contributed by atoms with Gasteiger partial charge in [0, 0.05) is 44.4 Å². The van der Waals surface area contributed by atoms with Gasteiger partial charge in [-0.05, 0) is 26.8 Å². The van der Waals surface area contributed by atoms with Crippen LogP contribution in [0.15, 0.2) is 12.4 Å². The molecule has 0 aliphatic carbocycles. The van der Waals surface area contributed by atoms with Crippen LogP contribution in [0.3, 0.4) is 0 Å². The van der Waals surface area contributed by atoms with Crippen molar-refractivity contribution in [1.82, 2.24) is 30.2 Å². The minimum atomic E-state index is -0.0766. The number of aryl methyl sites for hydroxylation is 2. The lowest BCUT2D eigenvalue weighted by molar-refractivity contribution is 0.0961. The average molecular weight is 316 g/mol. The van der Waals surface area contributed by atoms with Gasteiger partial charge in [0.1, 0.15) is 0 Å². The van der Waals surface area contributed by atoms with Crippen molar-refractivity contribution in [3.63, 3.8) is 0 Å². The van der Waals surface area contributed by atoms with Crippen LogP contribution < -0.4 is 5.32 Å². The van der Waals surface area contributed by atoms with E-state index in [0.717, 1.165) is 44.0 Å². The van der Waals surface area contributed by atoms with Gasteiger partial charge in [-0.2, -0.15) is 10.2 Å². The predicted octanol–water partition coefficient (Wildman–Crippen LogP) is 1.28. The highest BCUT2D eigenvalue weighted by Crippen LogP contribution is 2.29. The summed E-state index contributed by atoms with van der Waals surface area (Å²) >= 11 is 0. The molecule has 0 saturated carbocycles. The number of nitrogens with one attached hydrogen (secondary N) is 2. The van der Waals surface area contributed by atoms with Gasteiger partial charge in [-0.1, -0.05) is 0 Å². The van der Waals surface area contributed by atoms with Crippen LogP contribution in [-0.2, 0) is 13.1 Å². The molecule has 23 heavy (non-hydrogen) atoms. The third kappa shape index (κ3) is 3.14. The summed E-state index contributed by atoms with van der Waals surface area (Å²) in [5, 5.41) is 14.3. The van der Waals surface area contributed by atoms with E-state index >= 15 is 0 Å². The van der Waals surface area contributed by atoms with Gasteiger partial charge in [0.15, 0.2) is 0 Å². The van der Waals surface area contributed by atoms with E-state index < -0.39 is 0 Å². The Bertz CT molecular complexity index is 689. The minimum absolute atomic E-state index is 0.0766. The van der Waals surface area contributed by atoms with Crippen molar-refractivity contribution in [3.05, 3.63) is 34.9 Å². The summed E-state index contributed by atoms with van der Waals surface area (Å²) in [6, 6.07) is 0. The molecule has 1 saturated heterocycles. The minimum Gasteiger partial charge on any atom is -0.355 e. The van der Waals surface area contributed by atoms with Crippen molar-refractivity contribution in [2.45, 2.75) is 39.3 Å². The van der Waals surface area contributed by atoms with Crippen LogP contribution in [0, 0.1) is 6.92 Å². The van der Waals surface area contributed by atoms with E-state index in [9.17, 15) is 4.79 Å². The molecule has 7 heteroatoms. The molecule has 124 valence electrons. The highest BCUT2D eigenvalue weighted by Gasteiger charge is 2.29. The molecular formula is C16H24N6O. The fourth-order valence-electron chi connectivity index (χ4n) is 3.25. The van der Waals surface area contributed by atoms with Crippen LogP contribution in [0.25, 0.3) is 0 Å². The van der Waals surface area contributed by atoms with Crippen LogP contribution in [-0.4, -0.2) is 50.9 Å². The van der Waals surface area contributed by atoms with Crippen LogP contribution >= 0.6 is 0 Å². The van der Waals surface area contributed by atoms with Gasteiger partial charge in [-0.15, -0.1) is 0 Å². The lowest BCUT2D eigenvalue weighted by Gasteiger charge is -2.15. The molecule has 2 aromatic heterocycles. The maximum atomic E-state index is 11.9. The highest BCUT2D eigenvalue weighted by molar-refractivity contribution is 5.95. The quantitative estimate of drug-likeness (QED) is 0.871. The van der Waals surface area contributed by atoms with Gasteiger partial charge in [0.05, 0.1) is 23.1 Å². The molecule has 1 aliphatic rings. The summed E-state index contributed by atoms with van der Waals surface area (Å²) < 4.78 is 1.98. The summed E-state index contributed by atoms with van der Waals surface area (Å²) in [5.74, 6) is 0.249. The molecule has 0 aromatic carbocycles. The summed E-state index contributed by atoms with van der Waals surface area (Å²) in [6.45, 7) is 7.92. The molecule has 1 fully saturated rings. The smallest absolute Gasteiger partial charge is 0.254 e. The SMILES string of the molecule is CCn1cc(CN2CC[C@@H](c3[nH]ncc3C(=O)NC)C2)c(C)n1. The van der Waals surface area contributed by atoms with Gasteiger partial charge in [0.25, 0.3) is 5.91 Å². The maximum Gasteiger partial charge on any atom is 0.254 e. The van der Waals surface area contributed by atoms with E-state index in [4.69, 9.17) is 0 Å². The molecule has 1 atom stereocenters. The first kappa shape index (κ1) is 15.7. The Morgan fingerprint density at radius 2 is 2.35 bits per heavy atom. The number of rotatable bonds is 5. The molecule has 0 bridgehead atoms. The Balaban J connectivity index is 1.68. The zero-order valence-electron chi connectivity index (χ0n) is 14.0. The first-order valence-corrected chi connectivity index (χ1v) is 8.13. The standard InChI is InChI=1S/C16H24N6O/c1-4-22-10-13(11(2)20-22)9-21-6-5-12(8-21)15-14(7-18-19-15)16(23)17-3/h7,10,12H,4-6,8-9H2,1-3H3,(H,17,23)(H,18,19)/t12-/m1/s1. The Kier molecular flexibility index (Phi) is 4.47. The Labute approximate surface area is 136 Å². The summed E-state index contributed by atoms with van der Waals surface area (Å²) in [5.41, 5.74) is 3.99. The number of nitrogens with zero attached hydrogens (tertiary/aromatic N) is 4. The van der Waals surface area contributed by atoms with Gasteiger partial charge in [-0.3, -0.25) is 19.5 Å². The number of likely N-dealkylation sites (tertiary alicyclic amines) is 1. The molecule has 0 spiro atoms. The van der Waals surface area contributed by atoms with Gasteiger partial charge >= 0.3 is 0 Å². The fraction of sp³-hybridized carbons (Fsp3) is 0.562. The van der Waals surface area contributed by atoms with Crippen LogP contribution in [0.5, 0.6) is 0 Å². The van der Waals surface area contributed by atoms with E-state index in [1.54, 1.807) is 13.2 Å². The molecule has 0 unspecified atom stereocenters. The molecule has 1 amide bonds. The number of hydrogen-bond donors (Lipinski definition) is 2. The number of aromatic amines is 1. The molecule has 7 nitrogen and oxygen atoms in total. The van der Waals surface area contributed by atoms with E-state index in [1.165, 1.54) is 5.56 Å². The first-order chi connectivity index (χ1) is 11.1. The summed E-state index contributed by atoms with van der Waals surface area (Å²) in [6.07, 6.45) is 4.79. The first-order valence-electron chi connectivity index (χ1n) is 8.13. The van der Waals surface area contributed by atoms with E-state index in [2.05, 4.69) is 45.6 Å². The Morgan fingerprint density at radius 3 is 3.04 bits per heavy atom. The van der Waals surface area contributed by atoms with Crippen LogP contribution in [0.1, 0.15) is 46.6 Å². The zero-order chi connectivity index (χ0) is 16.4. The Morgan fingerprint density at radius 1 is 1.52 bits per heavy atom. The zero-order valence-corrected chi connectivity index (χ0v) is 14.0. The van der Waals surface area contributed by atoms with Crippen molar-refractivity contribution in [3.8, 4) is 0 Å². The number of aromatic nitrogens is 4. The number of amides is 1. The number of H-pyrrole nitrogens is 1. The van der Waals surface area contributed by atoms with Gasteiger partial charge in [-0.25, -0.2) is 0 Å². The molecule has 2 N–H and O–H groups in total. The maximum absolute atomic E-state index is 11.9. The van der Waals surface area contributed by atoms with E-state index in [1.807, 2.05) is 4.68 Å². The number of hydrogen-bond acceptors (Lipinski definition) is 4. The Hall–Kier alpha value is -2.15. The van der Waals surface area contributed by atoms with Crippen LogP contribution in [0.2, 0.25) is 0 Å². The normalized spacial score (nSPS) is 18.5. The van der Waals surface area contributed by atoms with Gasteiger partial charge in [0.2, 0.25) is 0 Å². The topological polar surface area (TPSA) is 78.8 Å². The predicted molar refractivity (Wildman–Crippen MR) is 87.3 cm³/mol. The molecule has 3 rings (SSSR count). The number of carbonyl (C=O) groups is 1. The molecule has 3 heterocycles. The van der Waals surface area contributed by atoms with E-state index in [-0.39, 0.29) is 5.91 Å². The average Bonchev–Trinajstić information content (AvgIpc) is 3.27. The van der Waals surface area contributed by atoms with Crippen LogP contribution in [0.4, 0.5) is 0 Å². The van der Waals surface area contributed by atoms with E-state index in [0.29, 0.717) is 11.5 Å². The summed E-state index contributed by atoms with van der Waals surface area (Å²) in [4.78, 5) is 14.3. The second kappa shape index (κ2) is 6.54. The van der Waals surface area contributed by atoms with Crippen molar-refractivity contribution >= 4 is 5.91 Å². The monoisotopic (exact) mass is 316 g/mol. The molecule has 1 aliphatic heterocycles. The largest absolute Gasteiger partial charge is 0.355 e. The van der Waals surface area contributed by atoms with Crippen molar-refractivity contribution in [2.24, 2.45) is 0 Å². The molecule has 0 radical (unpaired) electrons. The molecule has 2 aromatic rings. The second-order valence-corrected chi connectivity index (χ2v) is 6.09. The lowest BCUT2D eigenvalue weighted by atomic mass is 10.0. The van der Waals surface area contributed by atoms with Crippen molar-refractivity contribution in [1.29, 1.82) is 0 Å². The second-order valence-electron chi connectivity index (χ2n) is 6.09. The van der Waals surface area contributed by atoms with Gasteiger partial charge < -0.3 is 5.32 Å². The van der Waals surface area contributed by atoms with Crippen molar-refractivity contribution < 1.29 is 4.79 Å². The molecular weight excluding hydrogens is 292 g/mol. The summed E-state index contributed by atoms with van der Waals surface area (Å²) in [7, 11) is 1.65. The lowest BCUT2D eigenvalue weighted by Crippen LogP contribution is -2.22. The third-order valence-corrected chi connectivity index (χ3v) is 4.59. The number of carbonyl (C=O) groups excluding carboxylic acids is 1. The van der Waals surface area contributed by atoms with Crippen molar-refractivity contribution in [2.75, 3.05) is 20.1 Å². The fourth-order valence-corrected chi connectivity index (χ4v) is 3.25.